The first-order chi connectivity index (χ1) is 9.74. The molecule has 1 aliphatic heterocycles. The molecule has 0 bridgehead atoms. The van der Waals surface area contributed by atoms with Crippen LogP contribution in [0.15, 0.2) is 45.6 Å². The van der Waals surface area contributed by atoms with Crippen LogP contribution in [0.1, 0.15) is 34.7 Å². The van der Waals surface area contributed by atoms with Crippen LogP contribution in [-0.4, -0.2) is 23.9 Å². The van der Waals surface area contributed by atoms with Crippen molar-refractivity contribution >= 4 is 33.2 Å². The highest BCUT2D eigenvalue weighted by atomic mass is 79.9. The van der Waals surface area contributed by atoms with Gasteiger partial charge in [0.2, 0.25) is 0 Å². The van der Waals surface area contributed by atoms with Crippen molar-refractivity contribution in [3.05, 3.63) is 56.7 Å². The van der Waals surface area contributed by atoms with Crippen LogP contribution in [0, 0.1) is 0 Å². The molecule has 1 amide bonds. The molecule has 0 radical (unpaired) electrons. The van der Waals surface area contributed by atoms with Crippen molar-refractivity contribution in [3.8, 4) is 0 Å². The number of amides is 1. The highest BCUT2D eigenvalue weighted by Crippen LogP contribution is 2.29. The maximum Gasteiger partial charge on any atom is 0.254 e. The maximum absolute atomic E-state index is 12.4. The number of halogens is 1. The average molecular weight is 350 g/mol. The molecule has 0 atom stereocenters. The number of carbonyl (C=O) groups excluding carboxylic acids is 1. The van der Waals surface area contributed by atoms with Crippen LogP contribution in [0.25, 0.3) is 0 Å². The van der Waals surface area contributed by atoms with Crippen LogP contribution >= 0.6 is 27.3 Å². The summed E-state index contributed by atoms with van der Waals surface area (Å²) in [6.45, 7) is 1.71. The molecule has 2 aromatic rings. The second kappa shape index (κ2) is 6.10. The number of hydrogen-bond acceptors (Lipinski definition) is 2. The van der Waals surface area contributed by atoms with Crippen molar-refractivity contribution in [3.63, 3.8) is 0 Å². The van der Waals surface area contributed by atoms with E-state index in [-0.39, 0.29) is 5.91 Å². The zero-order valence-electron chi connectivity index (χ0n) is 11.1. The quantitative estimate of drug-likeness (QED) is 0.779. The van der Waals surface area contributed by atoms with E-state index in [1.807, 2.05) is 16.3 Å². The molecule has 0 saturated carbocycles. The van der Waals surface area contributed by atoms with Crippen molar-refractivity contribution < 1.29 is 4.79 Å². The molecule has 0 spiro atoms. The van der Waals surface area contributed by atoms with Gasteiger partial charge in [-0.1, -0.05) is 30.3 Å². The highest BCUT2D eigenvalue weighted by molar-refractivity contribution is 9.11. The first-order valence-electron chi connectivity index (χ1n) is 6.82. The summed E-state index contributed by atoms with van der Waals surface area (Å²) < 4.78 is 1.01. The van der Waals surface area contributed by atoms with Gasteiger partial charge in [-0.25, -0.2) is 0 Å². The fraction of sp³-hybridized carbons (Fsp3) is 0.312. The summed E-state index contributed by atoms with van der Waals surface area (Å²) >= 11 is 4.98. The third-order valence-electron chi connectivity index (χ3n) is 3.87. The zero-order chi connectivity index (χ0) is 13.9. The molecule has 1 fully saturated rings. The Bertz CT molecular complexity index is 588. The minimum atomic E-state index is 0.165. The predicted molar refractivity (Wildman–Crippen MR) is 86.3 cm³/mol. The predicted octanol–water partition coefficient (Wildman–Crippen LogP) is 4.53. The number of carbonyl (C=O) groups is 1. The van der Waals surface area contributed by atoms with Gasteiger partial charge in [-0.2, -0.15) is 0 Å². The molecule has 3 rings (SSSR count). The van der Waals surface area contributed by atoms with Crippen molar-refractivity contribution in [1.82, 2.24) is 4.90 Å². The minimum Gasteiger partial charge on any atom is -0.339 e. The molecular weight excluding hydrogens is 334 g/mol. The topological polar surface area (TPSA) is 20.3 Å². The van der Waals surface area contributed by atoms with E-state index in [1.165, 1.54) is 5.56 Å². The standard InChI is InChI=1S/C16H16BrNOS/c17-15-10-14(11-20-15)16(19)18-8-6-13(7-9-18)12-4-2-1-3-5-12/h1-5,10-11,13H,6-9H2. The molecule has 104 valence electrons. The molecular formula is C16H16BrNOS. The second-order valence-corrected chi connectivity index (χ2v) is 7.41. The Morgan fingerprint density at radius 1 is 1.20 bits per heavy atom. The van der Waals surface area contributed by atoms with Gasteiger partial charge in [0, 0.05) is 18.5 Å². The third-order valence-corrected chi connectivity index (χ3v) is 5.37. The molecule has 2 heterocycles. The smallest absolute Gasteiger partial charge is 0.254 e. The summed E-state index contributed by atoms with van der Waals surface area (Å²) in [5.41, 5.74) is 2.21. The highest BCUT2D eigenvalue weighted by Gasteiger charge is 2.24. The summed E-state index contributed by atoms with van der Waals surface area (Å²) in [5.74, 6) is 0.757. The first kappa shape index (κ1) is 13.8. The zero-order valence-corrected chi connectivity index (χ0v) is 13.5. The van der Waals surface area contributed by atoms with Gasteiger partial charge in [0.1, 0.15) is 0 Å². The van der Waals surface area contributed by atoms with Crippen LogP contribution in [0.3, 0.4) is 0 Å². The fourth-order valence-corrected chi connectivity index (χ4v) is 3.88. The Labute approximate surface area is 131 Å². The lowest BCUT2D eigenvalue weighted by Crippen LogP contribution is -2.37. The number of thiophene rings is 1. The lowest BCUT2D eigenvalue weighted by molar-refractivity contribution is 0.0713. The van der Waals surface area contributed by atoms with Crippen molar-refractivity contribution in [1.29, 1.82) is 0 Å². The molecule has 0 unspecified atom stereocenters. The summed E-state index contributed by atoms with van der Waals surface area (Å²) in [4.78, 5) is 14.3. The molecule has 1 aliphatic rings. The second-order valence-electron chi connectivity index (χ2n) is 5.12. The van der Waals surface area contributed by atoms with Gasteiger partial charge >= 0.3 is 0 Å². The summed E-state index contributed by atoms with van der Waals surface area (Å²) in [5, 5.41) is 1.93. The first-order valence-corrected chi connectivity index (χ1v) is 8.49. The SMILES string of the molecule is O=C(c1csc(Br)c1)N1CCC(c2ccccc2)CC1. The maximum atomic E-state index is 12.4. The van der Waals surface area contributed by atoms with Crippen molar-refractivity contribution in [2.75, 3.05) is 13.1 Å². The Morgan fingerprint density at radius 2 is 1.90 bits per heavy atom. The number of hydrogen-bond donors (Lipinski definition) is 0. The molecule has 0 aliphatic carbocycles. The van der Waals surface area contributed by atoms with E-state index in [1.54, 1.807) is 11.3 Å². The lowest BCUT2D eigenvalue weighted by Gasteiger charge is -2.32. The molecule has 1 aromatic carbocycles. The molecule has 1 aromatic heterocycles. The molecule has 4 heteroatoms. The van der Waals surface area contributed by atoms with Crippen molar-refractivity contribution in [2.24, 2.45) is 0 Å². The van der Waals surface area contributed by atoms with Crippen LogP contribution in [0.4, 0.5) is 0 Å². The number of likely N-dealkylation sites (tertiary alicyclic amines) is 1. The van der Waals surface area contributed by atoms with E-state index in [4.69, 9.17) is 0 Å². The summed E-state index contributed by atoms with van der Waals surface area (Å²) in [7, 11) is 0. The third kappa shape index (κ3) is 2.96. The normalized spacial score (nSPS) is 16.4. The number of nitrogens with zero attached hydrogens (tertiary/aromatic N) is 1. The van der Waals surface area contributed by atoms with E-state index in [0.717, 1.165) is 35.3 Å². The lowest BCUT2D eigenvalue weighted by atomic mass is 9.89. The summed E-state index contributed by atoms with van der Waals surface area (Å²) in [6, 6.07) is 12.5. The van der Waals surface area contributed by atoms with E-state index < -0.39 is 0 Å². The van der Waals surface area contributed by atoms with Crippen LogP contribution in [0.5, 0.6) is 0 Å². The molecule has 2 nitrogen and oxygen atoms in total. The van der Waals surface area contributed by atoms with Crippen LogP contribution in [-0.2, 0) is 0 Å². The van der Waals surface area contributed by atoms with Gasteiger partial charge in [0.05, 0.1) is 9.35 Å². The average Bonchev–Trinajstić information content (AvgIpc) is 2.94. The minimum absolute atomic E-state index is 0.165. The summed E-state index contributed by atoms with van der Waals surface area (Å²) in [6.07, 6.45) is 2.11. The van der Waals surface area contributed by atoms with E-state index >= 15 is 0 Å². The van der Waals surface area contributed by atoms with E-state index in [2.05, 4.69) is 46.3 Å². The Morgan fingerprint density at radius 3 is 2.50 bits per heavy atom. The Hall–Kier alpha value is -1.13. The molecule has 20 heavy (non-hydrogen) atoms. The van der Waals surface area contributed by atoms with Crippen molar-refractivity contribution in [2.45, 2.75) is 18.8 Å². The van der Waals surface area contributed by atoms with Crippen LogP contribution < -0.4 is 0 Å². The monoisotopic (exact) mass is 349 g/mol. The Kier molecular flexibility index (Phi) is 4.22. The van der Waals surface area contributed by atoms with E-state index in [0.29, 0.717) is 5.92 Å². The number of piperidine rings is 1. The van der Waals surface area contributed by atoms with Gasteiger partial charge in [-0.05, 0) is 46.3 Å². The van der Waals surface area contributed by atoms with Gasteiger partial charge in [-0.3, -0.25) is 4.79 Å². The van der Waals surface area contributed by atoms with Crippen LogP contribution in [0.2, 0.25) is 0 Å². The van der Waals surface area contributed by atoms with Gasteiger partial charge < -0.3 is 4.90 Å². The number of rotatable bonds is 2. The fourth-order valence-electron chi connectivity index (χ4n) is 2.75. The molecule has 0 N–H and O–H groups in total. The Balaban J connectivity index is 1.63. The van der Waals surface area contributed by atoms with Gasteiger partial charge in [-0.15, -0.1) is 11.3 Å². The largest absolute Gasteiger partial charge is 0.339 e. The van der Waals surface area contributed by atoms with E-state index in [9.17, 15) is 4.79 Å². The van der Waals surface area contributed by atoms with Gasteiger partial charge in [0.15, 0.2) is 0 Å². The number of benzene rings is 1. The molecule has 1 saturated heterocycles. The van der Waals surface area contributed by atoms with Gasteiger partial charge in [0.25, 0.3) is 5.91 Å².